The summed E-state index contributed by atoms with van der Waals surface area (Å²) in [5.41, 5.74) is 1.10. The van der Waals surface area contributed by atoms with Crippen molar-refractivity contribution in [2.75, 3.05) is 19.7 Å². The zero-order valence-corrected chi connectivity index (χ0v) is 17.8. The van der Waals surface area contributed by atoms with Gasteiger partial charge >= 0.3 is 12.0 Å². The molecule has 0 spiro atoms. The molecule has 2 heterocycles. The van der Waals surface area contributed by atoms with E-state index in [1.807, 2.05) is 11.8 Å². The van der Waals surface area contributed by atoms with Gasteiger partial charge in [-0.2, -0.15) is 0 Å². The highest BCUT2D eigenvalue weighted by Crippen LogP contribution is 2.17. The summed E-state index contributed by atoms with van der Waals surface area (Å²) >= 11 is 6.03. The highest BCUT2D eigenvalue weighted by molar-refractivity contribution is 6.31. The number of aromatic amines is 1. The smallest absolute Gasteiger partial charge is 0.337 e. The minimum atomic E-state index is -0.479. The Bertz CT molecular complexity index is 1060. The van der Waals surface area contributed by atoms with Crippen LogP contribution in [-0.2, 0) is 16.1 Å². The summed E-state index contributed by atoms with van der Waals surface area (Å²) in [6.45, 7) is 6.81. The number of halogens is 1. The Morgan fingerprint density at radius 2 is 2.03 bits per heavy atom. The average molecular weight is 434 g/mol. The fourth-order valence-electron chi connectivity index (χ4n) is 3.35. The Hall–Kier alpha value is -2.91. The largest absolute Gasteiger partial charge is 0.463 e. The van der Waals surface area contributed by atoms with Gasteiger partial charge in [-0.1, -0.05) is 18.5 Å². The number of fused-ring (bicyclic) bond motifs is 1. The normalized spacial score (nSPS) is 16.6. The summed E-state index contributed by atoms with van der Waals surface area (Å²) in [4.78, 5) is 46.0. The fourth-order valence-corrected chi connectivity index (χ4v) is 3.52. The second kappa shape index (κ2) is 9.27. The SMILES string of the molecule is CCOC(=O)C1=C(CN(CC)Cc2nc3cc(Cl)ccc3c(=O)[nH]2)NC(=O)N[C@H]1C. The van der Waals surface area contributed by atoms with Crippen LogP contribution in [-0.4, -0.2) is 52.6 Å². The molecule has 2 aromatic rings. The van der Waals surface area contributed by atoms with Crippen molar-refractivity contribution in [1.82, 2.24) is 25.5 Å². The van der Waals surface area contributed by atoms with E-state index in [0.29, 0.717) is 46.1 Å². The number of ether oxygens (including phenoxy) is 1. The van der Waals surface area contributed by atoms with Gasteiger partial charge in [-0.15, -0.1) is 0 Å². The molecule has 3 N–H and O–H groups in total. The molecule has 1 aliphatic heterocycles. The van der Waals surface area contributed by atoms with Gasteiger partial charge in [0.05, 0.1) is 35.7 Å². The van der Waals surface area contributed by atoms with E-state index in [1.54, 1.807) is 32.0 Å². The van der Waals surface area contributed by atoms with Crippen LogP contribution in [0.1, 0.15) is 26.6 Å². The van der Waals surface area contributed by atoms with Crippen LogP contribution >= 0.6 is 11.6 Å². The summed E-state index contributed by atoms with van der Waals surface area (Å²) < 4.78 is 5.15. The lowest BCUT2D eigenvalue weighted by Gasteiger charge is -2.29. The molecule has 1 aliphatic rings. The maximum absolute atomic E-state index is 12.4. The van der Waals surface area contributed by atoms with Crippen molar-refractivity contribution in [3.63, 3.8) is 0 Å². The van der Waals surface area contributed by atoms with Crippen molar-refractivity contribution in [2.45, 2.75) is 33.4 Å². The molecule has 0 radical (unpaired) electrons. The minimum Gasteiger partial charge on any atom is -0.463 e. The van der Waals surface area contributed by atoms with Crippen LogP contribution in [0.25, 0.3) is 10.9 Å². The molecule has 0 unspecified atom stereocenters. The van der Waals surface area contributed by atoms with Gasteiger partial charge in [0, 0.05) is 17.3 Å². The number of carbonyl (C=O) groups excluding carboxylic acids is 2. The highest BCUT2D eigenvalue weighted by Gasteiger charge is 2.30. The Balaban J connectivity index is 1.89. The molecular weight excluding hydrogens is 410 g/mol. The highest BCUT2D eigenvalue weighted by atomic mass is 35.5. The number of likely N-dealkylation sites (N-methyl/N-ethyl adjacent to an activating group) is 1. The number of H-pyrrole nitrogens is 1. The average Bonchev–Trinajstić information content (AvgIpc) is 2.66. The molecule has 1 aromatic heterocycles. The van der Waals surface area contributed by atoms with Gasteiger partial charge in [0.25, 0.3) is 5.56 Å². The molecular formula is C20H24ClN5O4. The van der Waals surface area contributed by atoms with Crippen LogP contribution in [0.4, 0.5) is 4.79 Å². The number of nitrogens with one attached hydrogen (secondary N) is 3. The third-order valence-corrected chi connectivity index (χ3v) is 5.02. The molecule has 0 aliphatic carbocycles. The molecule has 0 saturated heterocycles. The van der Waals surface area contributed by atoms with Crippen LogP contribution in [0.5, 0.6) is 0 Å². The second-order valence-electron chi connectivity index (χ2n) is 6.91. The third-order valence-electron chi connectivity index (χ3n) is 4.79. The summed E-state index contributed by atoms with van der Waals surface area (Å²) in [7, 11) is 0. The van der Waals surface area contributed by atoms with E-state index in [-0.39, 0.29) is 24.7 Å². The van der Waals surface area contributed by atoms with Gasteiger partial charge in [-0.3, -0.25) is 9.69 Å². The predicted octanol–water partition coefficient (Wildman–Crippen LogP) is 1.92. The number of nitrogens with zero attached hydrogens (tertiary/aromatic N) is 2. The lowest BCUT2D eigenvalue weighted by molar-refractivity contribution is -0.139. The monoisotopic (exact) mass is 433 g/mol. The van der Waals surface area contributed by atoms with Crippen molar-refractivity contribution in [3.8, 4) is 0 Å². The topological polar surface area (TPSA) is 116 Å². The number of esters is 1. The molecule has 1 atom stereocenters. The van der Waals surface area contributed by atoms with Crippen molar-refractivity contribution in [1.29, 1.82) is 0 Å². The van der Waals surface area contributed by atoms with Crippen molar-refractivity contribution >= 4 is 34.5 Å². The number of carbonyl (C=O) groups is 2. The number of hydrogen-bond donors (Lipinski definition) is 3. The van der Waals surface area contributed by atoms with Crippen molar-refractivity contribution in [2.24, 2.45) is 0 Å². The molecule has 9 nitrogen and oxygen atoms in total. The first-order valence-electron chi connectivity index (χ1n) is 9.70. The van der Waals surface area contributed by atoms with Crippen LogP contribution in [0.15, 0.2) is 34.3 Å². The van der Waals surface area contributed by atoms with E-state index in [2.05, 4.69) is 20.6 Å². The lowest BCUT2D eigenvalue weighted by atomic mass is 10.0. The maximum Gasteiger partial charge on any atom is 0.337 e. The number of aromatic nitrogens is 2. The first kappa shape index (κ1) is 21.8. The van der Waals surface area contributed by atoms with Crippen LogP contribution < -0.4 is 16.2 Å². The molecule has 1 aromatic carbocycles. The van der Waals surface area contributed by atoms with E-state index < -0.39 is 12.0 Å². The van der Waals surface area contributed by atoms with E-state index in [1.165, 1.54) is 0 Å². The van der Waals surface area contributed by atoms with Crippen LogP contribution in [0.3, 0.4) is 0 Å². The minimum absolute atomic E-state index is 0.235. The third kappa shape index (κ3) is 4.80. The second-order valence-corrected chi connectivity index (χ2v) is 7.35. The van der Waals surface area contributed by atoms with Crippen molar-refractivity contribution in [3.05, 3.63) is 50.7 Å². The molecule has 0 fully saturated rings. The zero-order valence-electron chi connectivity index (χ0n) is 17.0. The first-order chi connectivity index (χ1) is 14.3. The van der Waals surface area contributed by atoms with Gasteiger partial charge < -0.3 is 20.4 Å². The van der Waals surface area contributed by atoms with Gasteiger partial charge in [-0.25, -0.2) is 14.6 Å². The van der Waals surface area contributed by atoms with Gasteiger partial charge in [0.15, 0.2) is 0 Å². The molecule has 3 rings (SSSR count). The molecule has 10 heteroatoms. The van der Waals surface area contributed by atoms with Gasteiger partial charge in [0.1, 0.15) is 5.82 Å². The zero-order chi connectivity index (χ0) is 21.8. The molecule has 2 amide bonds. The molecule has 160 valence electrons. The Morgan fingerprint density at radius 1 is 1.27 bits per heavy atom. The maximum atomic E-state index is 12.4. The number of hydrogen-bond acceptors (Lipinski definition) is 6. The lowest BCUT2D eigenvalue weighted by Crippen LogP contribution is -2.51. The van der Waals surface area contributed by atoms with E-state index in [4.69, 9.17) is 16.3 Å². The molecule has 0 saturated carbocycles. The summed E-state index contributed by atoms with van der Waals surface area (Å²) in [6.07, 6.45) is 0. The van der Waals surface area contributed by atoms with Gasteiger partial charge in [-0.05, 0) is 38.6 Å². The standard InChI is InChI=1S/C20H24ClN5O4/c1-4-26(9-15-17(19(28)30-5-2)11(3)22-20(29)24-15)10-16-23-14-8-12(21)6-7-13(14)18(27)25-16/h6-8,11H,4-5,9-10H2,1-3H3,(H2,22,24,29)(H,23,25,27)/t11-/m0/s1. The Morgan fingerprint density at radius 3 is 2.73 bits per heavy atom. The van der Waals surface area contributed by atoms with E-state index in [0.717, 1.165) is 0 Å². The van der Waals surface area contributed by atoms with E-state index in [9.17, 15) is 14.4 Å². The summed E-state index contributed by atoms with van der Waals surface area (Å²) in [6, 6.07) is 4.05. The number of urea groups is 1. The summed E-state index contributed by atoms with van der Waals surface area (Å²) in [5, 5.41) is 6.34. The number of benzene rings is 1. The number of amides is 2. The van der Waals surface area contributed by atoms with Gasteiger partial charge in [0.2, 0.25) is 0 Å². The quantitative estimate of drug-likeness (QED) is 0.574. The Kier molecular flexibility index (Phi) is 6.73. The molecule has 0 bridgehead atoms. The first-order valence-corrected chi connectivity index (χ1v) is 10.1. The van der Waals surface area contributed by atoms with Crippen LogP contribution in [0, 0.1) is 0 Å². The molecule has 30 heavy (non-hydrogen) atoms. The number of rotatable bonds is 7. The van der Waals surface area contributed by atoms with Crippen LogP contribution in [0.2, 0.25) is 5.02 Å². The predicted molar refractivity (Wildman–Crippen MR) is 113 cm³/mol. The Labute approximate surface area is 178 Å². The summed E-state index contributed by atoms with van der Waals surface area (Å²) in [5.74, 6) is -0.0151. The van der Waals surface area contributed by atoms with Crippen molar-refractivity contribution < 1.29 is 14.3 Å². The fraction of sp³-hybridized carbons (Fsp3) is 0.400. The van der Waals surface area contributed by atoms with E-state index >= 15 is 0 Å².